The average Bonchev–Trinajstić information content (AvgIpc) is 3.71. The Balaban J connectivity index is 1.24. The molecule has 0 saturated carbocycles. The molecule has 3 aliphatic heterocycles. The first-order valence-electron chi connectivity index (χ1n) is 15.5. The van der Waals surface area contributed by atoms with Crippen LogP contribution >= 0.6 is 0 Å². The number of anilines is 1. The van der Waals surface area contributed by atoms with Gasteiger partial charge in [-0.3, -0.25) is 9.62 Å². The van der Waals surface area contributed by atoms with Crippen molar-refractivity contribution in [3.8, 4) is 0 Å². The summed E-state index contributed by atoms with van der Waals surface area (Å²) < 4.78 is 42.1. The first kappa shape index (κ1) is 30.2. The Hall–Kier alpha value is -2.79. The van der Waals surface area contributed by atoms with Gasteiger partial charge in [0.1, 0.15) is 0 Å². The standard InChI is InChI=1S/C34H43N3O5S/c1-25-32(23-37-20-8-11-30(37)22-36-18-5-6-19-36)41-34(42-33(25)27-16-14-26(24-38)15-17-27)28-9-7-10-29(21-28)35-43(39,40)31-12-3-2-4-13-31/h2-4,7,9-10,12-17,21,25,30,32-35,38H,5-6,8,11,18-20,22-24H2,1H3/t25-,30+,32+,33+,34+/m1/s1. The molecule has 0 aliphatic carbocycles. The van der Waals surface area contributed by atoms with Gasteiger partial charge in [-0.05, 0) is 80.7 Å². The minimum atomic E-state index is -3.74. The molecule has 5 atom stereocenters. The van der Waals surface area contributed by atoms with Gasteiger partial charge in [-0.2, -0.15) is 0 Å². The van der Waals surface area contributed by atoms with Gasteiger partial charge in [0.25, 0.3) is 10.0 Å². The van der Waals surface area contributed by atoms with E-state index in [1.807, 2.05) is 36.4 Å². The number of nitrogens with one attached hydrogen (secondary N) is 1. The quantitative estimate of drug-likeness (QED) is 0.323. The highest BCUT2D eigenvalue weighted by molar-refractivity contribution is 7.92. The first-order chi connectivity index (χ1) is 20.9. The predicted molar refractivity (Wildman–Crippen MR) is 167 cm³/mol. The van der Waals surface area contributed by atoms with Crippen LogP contribution in [0.25, 0.3) is 0 Å². The van der Waals surface area contributed by atoms with Crippen LogP contribution in [0.15, 0.2) is 83.8 Å². The molecule has 0 radical (unpaired) electrons. The summed E-state index contributed by atoms with van der Waals surface area (Å²) in [6.07, 6.45) is 4.05. The molecule has 0 amide bonds. The third kappa shape index (κ3) is 7.14. The van der Waals surface area contributed by atoms with E-state index in [-0.39, 0.29) is 29.6 Å². The summed E-state index contributed by atoms with van der Waals surface area (Å²) >= 11 is 0. The first-order valence-corrected chi connectivity index (χ1v) is 17.0. The van der Waals surface area contributed by atoms with Crippen molar-refractivity contribution < 1.29 is 23.0 Å². The molecule has 6 rings (SSSR count). The highest BCUT2D eigenvalue weighted by Gasteiger charge is 2.41. The molecule has 0 aromatic heterocycles. The van der Waals surface area contributed by atoms with Gasteiger partial charge in [0.2, 0.25) is 0 Å². The van der Waals surface area contributed by atoms with Crippen molar-refractivity contribution in [1.29, 1.82) is 0 Å². The maximum atomic E-state index is 13.0. The number of rotatable bonds is 10. The summed E-state index contributed by atoms with van der Waals surface area (Å²) in [5, 5.41) is 9.58. The number of ether oxygens (including phenoxy) is 2. The maximum Gasteiger partial charge on any atom is 0.261 e. The van der Waals surface area contributed by atoms with E-state index in [0.717, 1.165) is 36.3 Å². The number of nitrogens with zero attached hydrogens (tertiary/aromatic N) is 2. The molecule has 3 aromatic rings. The number of benzene rings is 3. The lowest BCUT2D eigenvalue weighted by atomic mass is 9.90. The second kappa shape index (κ2) is 13.5. The zero-order chi connectivity index (χ0) is 29.8. The lowest BCUT2D eigenvalue weighted by Gasteiger charge is -2.43. The van der Waals surface area contributed by atoms with Crippen molar-refractivity contribution in [2.75, 3.05) is 37.4 Å². The lowest BCUT2D eigenvalue weighted by Crippen LogP contribution is -2.48. The van der Waals surface area contributed by atoms with E-state index in [1.165, 1.54) is 38.8 Å². The highest BCUT2D eigenvalue weighted by Crippen LogP contribution is 2.42. The fraction of sp³-hybridized carbons (Fsp3) is 0.471. The van der Waals surface area contributed by atoms with Crippen molar-refractivity contribution in [3.63, 3.8) is 0 Å². The van der Waals surface area contributed by atoms with Gasteiger partial charge in [0, 0.05) is 36.3 Å². The van der Waals surface area contributed by atoms with Gasteiger partial charge >= 0.3 is 0 Å². The molecule has 0 unspecified atom stereocenters. The summed E-state index contributed by atoms with van der Waals surface area (Å²) in [7, 11) is -3.74. The molecule has 3 fully saturated rings. The van der Waals surface area contributed by atoms with E-state index in [1.54, 1.807) is 42.5 Å². The molecule has 3 aliphatic rings. The molecule has 3 aromatic carbocycles. The van der Waals surface area contributed by atoms with Crippen LogP contribution < -0.4 is 4.72 Å². The SMILES string of the molecule is C[C@@H]1[C@H](CN2CCC[C@H]2CN2CCCC2)O[C@H](c2cccc(NS(=O)(=O)c3ccccc3)c2)O[C@@H]1c1ccc(CO)cc1. The van der Waals surface area contributed by atoms with Gasteiger partial charge in [-0.15, -0.1) is 0 Å². The number of hydrogen-bond donors (Lipinski definition) is 2. The van der Waals surface area contributed by atoms with E-state index in [0.29, 0.717) is 11.7 Å². The number of hydrogen-bond acceptors (Lipinski definition) is 7. The number of aliphatic hydroxyl groups is 1. The molecule has 43 heavy (non-hydrogen) atoms. The Bertz CT molecular complexity index is 1450. The third-order valence-corrected chi connectivity index (χ3v) is 10.6. The normalized spacial score (nSPS) is 27.0. The molecular weight excluding hydrogens is 562 g/mol. The molecule has 8 nitrogen and oxygen atoms in total. The highest BCUT2D eigenvalue weighted by atomic mass is 32.2. The van der Waals surface area contributed by atoms with E-state index in [2.05, 4.69) is 21.4 Å². The van der Waals surface area contributed by atoms with E-state index < -0.39 is 16.3 Å². The lowest BCUT2D eigenvalue weighted by molar-refractivity contribution is -0.276. The van der Waals surface area contributed by atoms with Crippen LogP contribution in [0.3, 0.4) is 0 Å². The van der Waals surface area contributed by atoms with Gasteiger partial charge in [0.15, 0.2) is 6.29 Å². The Morgan fingerprint density at radius 3 is 2.37 bits per heavy atom. The van der Waals surface area contributed by atoms with Crippen molar-refractivity contribution >= 4 is 15.7 Å². The fourth-order valence-corrected chi connectivity index (χ4v) is 7.80. The van der Waals surface area contributed by atoms with E-state index in [9.17, 15) is 13.5 Å². The Morgan fingerprint density at radius 1 is 0.860 bits per heavy atom. The van der Waals surface area contributed by atoms with Crippen LogP contribution in [-0.2, 0) is 26.1 Å². The zero-order valence-electron chi connectivity index (χ0n) is 24.8. The third-order valence-electron chi connectivity index (χ3n) is 9.17. The Morgan fingerprint density at radius 2 is 1.63 bits per heavy atom. The van der Waals surface area contributed by atoms with E-state index >= 15 is 0 Å². The van der Waals surface area contributed by atoms with Crippen LogP contribution in [-0.4, -0.2) is 68.2 Å². The second-order valence-corrected chi connectivity index (χ2v) is 13.8. The maximum absolute atomic E-state index is 13.0. The minimum Gasteiger partial charge on any atom is -0.392 e. The molecule has 230 valence electrons. The van der Waals surface area contributed by atoms with Gasteiger partial charge in [-0.1, -0.05) is 61.5 Å². The van der Waals surface area contributed by atoms with Crippen molar-refractivity contribution in [1.82, 2.24) is 9.80 Å². The zero-order valence-corrected chi connectivity index (χ0v) is 25.7. The number of aliphatic hydroxyl groups excluding tert-OH is 1. The smallest absolute Gasteiger partial charge is 0.261 e. The van der Waals surface area contributed by atoms with Gasteiger partial charge < -0.3 is 19.5 Å². The topological polar surface area (TPSA) is 91.3 Å². The van der Waals surface area contributed by atoms with Crippen LogP contribution in [0.5, 0.6) is 0 Å². The Labute approximate surface area is 255 Å². The molecule has 3 heterocycles. The Kier molecular flexibility index (Phi) is 9.47. The second-order valence-electron chi connectivity index (χ2n) is 12.2. The minimum absolute atomic E-state index is 0.00519. The summed E-state index contributed by atoms with van der Waals surface area (Å²) in [6, 6.07) is 24.1. The summed E-state index contributed by atoms with van der Waals surface area (Å²) in [5.41, 5.74) is 3.12. The summed E-state index contributed by atoms with van der Waals surface area (Å²) in [4.78, 5) is 5.42. The summed E-state index contributed by atoms with van der Waals surface area (Å²) in [5.74, 6) is 0.0871. The van der Waals surface area contributed by atoms with Crippen molar-refractivity contribution in [2.45, 2.75) is 68.6 Å². The fourth-order valence-electron chi connectivity index (χ4n) is 6.73. The van der Waals surface area contributed by atoms with Crippen LogP contribution in [0.1, 0.15) is 61.7 Å². The van der Waals surface area contributed by atoms with Crippen molar-refractivity contribution in [2.24, 2.45) is 5.92 Å². The number of sulfonamides is 1. The number of likely N-dealkylation sites (tertiary alicyclic amines) is 2. The van der Waals surface area contributed by atoms with Crippen LogP contribution in [0, 0.1) is 5.92 Å². The van der Waals surface area contributed by atoms with Gasteiger partial charge in [0.05, 0.1) is 23.7 Å². The molecule has 0 bridgehead atoms. The van der Waals surface area contributed by atoms with Crippen LogP contribution in [0.2, 0.25) is 0 Å². The average molecular weight is 606 g/mol. The monoisotopic (exact) mass is 605 g/mol. The summed E-state index contributed by atoms with van der Waals surface area (Å²) in [6.45, 7) is 7.61. The predicted octanol–water partition coefficient (Wildman–Crippen LogP) is 5.33. The van der Waals surface area contributed by atoms with Crippen molar-refractivity contribution in [3.05, 3.63) is 95.6 Å². The molecule has 2 N–H and O–H groups in total. The van der Waals surface area contributed by atoms with E-state index in [4.69, 9.17) is 9.47 Å². The van der Waals surface area contributed by atoms with Gasteiger partial charge in [-0.25, -0.2) is 8.42 Å². The molecule has 9 heteroatoms. The largest absolute Gasteiger partial charge is 0.392 e. The van der Waals surface area contributed by atoms with Crippen LogP contribution in [0.4, 0.5) is 5.69 Å². The molecular formula is C34H43N3O5S. The molecule has 3 saturated heterocycles. The molecule has 0 spiro atoms.